The number of hydrogen-bond donors (Lipinski definition) is 2. The highest BCUT2D eigenvalue weighted by Crippen LogP contribution is 2.23. The van der Waals surface area contributed by atoms with Crippen LogP contribution < -0.4 is 10.6 Å². The molecule has 1 fully saturated rings. The maximum absolute atomic E-state index is 12.5. The summed E-state index contributed by atoms with van der Waals surface area (Å²) < 4.78 is 2.09. The summed E-state index contributed by atoms with van der Waals surface area (Å²) in [6, 6.07) is 8.03. The third kappa shape index (κ3) is 4.03. The Morgan fingerprint density at radius 2 is 2.38 bits per heavy atom. The summed E-state index contributed by atoms with van der Waals surface area (Å²) >= 11 is 0. The van der Waals surface area contributed by atoms with Crippen LogP contribution in [0.2, 0.25) is 0 Å². The number of aryl methyl sites for hydroxylation is 1. The molecule has 1 aliphatic rings. The fourth-order valence-electron chi connectivity index (χ4n) is 3.28. The number of nitrogens with zero attached hydrogens (tertiary/aromatic N) is 2. The van der Waals surface area contributed by atoms with Crippen molar-refractivity contribution in [2.75, 3.05) is 13.1 Å². The molecule has 0 aliphatic carbocycles. The molecule has 24 heavy (non-hydrogen) atoms. The van der Waals surface area contributed by atoms with E-state index in [4.69, 9.17) is 0 Å². The zero-order chi connectivity index (χ0) is 16.8. The molecule has 5 nitrogen and oxygen atoms in total. The van der Waals surface area contributed by atoms with E-state index in [-0.39, 0.29) is 5.91 Å². The van der Waals surface area contributed by atoms with Crippen molar-refractivity contribution in [3.8, 4) is 0 Å². The quantitative estimate of drug-likeness (QED) is 0.858. The van der Waals surface area contributed by atoms with Gasteiger partial charge in [-0.1, -0.05) is 19.1 Å². The minimum absolute atomic E-state index is 0.0355. The van der Waals surface area contributed by atoms with Gasteiger partial charge in [-0.2, -0.15) is 0 Å². The largest absolute Gasteiger partial charge is 0.345 e. The second kappa shape index (κ2) is 8.11. The first-order valence-corrected chi connectivity index (χ1v) is 8.87. The van der Waals surface area contributed by atoms with E-state index in [0.717, 1.165) is 37.4 Å². The second-order valence-corrected chi connectivity index (χ2v) is 6.39. The van der Waals surface area contributed by atoms with Crippen molar-refractivity contribution in [1.82, 2.24) is 20.2 Å². The molecule has 1 aromatic heterocycles. The molecule has 2 heterocycles. The minimum atomic E-state index is -0.0355. The van der Waals surface area contributed by atoms with Crippen molar-refractivity contribution in [3.05, 3.63) is 53.6 Å². The molecule has 0 saturated carbocycles. The van der Waals surface area contributed by atoms with Crippen LogP contribution in [0.1, 0.15) is 53.8 Å². The van der Waals surface area contributed by atoms with Gasteiger partial charge in [0.1, 0.15) is 5.82 Å². The Kier molecular flexibility index (Phi) is 5.64. The monoisotopic (exact) mass is 326 g/mol. The average Bonchev–Trinajstić information content (AvgIpc) is 3.08. The molecule has 0 unspecified atom stereocenters. The predicted octanol–water partition coefficient (Wildman–Crippen LogP) is 2.69. The van der Waals surface area contributed by atoms with Gasteiger partial charge in [0.05, 0.1) is 6.54 Å². The molecule has 1 amide bonds. The van der Waals surface area contributed by atoms with E-state index in [1.165, 1.54) is 18.4 Å². The van der Waals surface area contributed by atoms with Crippen LogP contribution in [0, 0.1) is 0 Å². The van der Waals surface area contributed by atoms with Crippen LogP contribution >= 0.6 is 0 Å². The lowest BCUT2D eigenvalue weighted by atomic mass is 9.90. The summed E-state index contributed by atoms with van der Waals surface area (Å²) in [4.78, 5) is 16.8. The first-order chi connectivity index (χ1) is 11.8. The number of rotatable bonds is 6. The highest BCUT2D eigenvalue weighted by Gasteiger charge is 2.16. The van der Waals surface area contributed by atoms with E-state index >= 15 is 0 Å². The minimum Gasteiger partial charge on any atom is -0.345 e. The molecule has 3 rings (SSSR count). The molecule has 1 aliphatic heterocycles. The molecule has 1 atom stereocenters. The highest BCUT2D eigenvalue weighted by molar-refractivity contribution is 5.94. The SMILES string of the molecule is CCCn1ccnc1CNC(=O)c1cccc([C@H]2CCCNC2)c1. The van der Waals surface area contributed by atoms with Crippen molar-refractivity contribution >= 4 is 5.91 Å². The molecular formula is C19H26N4O. The molecule has 5 heteroatoms. The van der Waals surface area contributed by atoms with Crippen LogP contribution in [0.15, 0.2) is 36.7 Å². The van der Waals surface area contributed by atoms with E-state index < -0.39 is 0 Å². The fourth-order valence-corrected chi connectivity index (χ4v) is 3.28. The summed E-state index contributed by atoms with van der Waals surface area (Å²) in [6.45, 7) is 5.62. The number of carbonyl (C=O) groups is 1. The van der Waals surface area contributed by atoms with Gasteiger partial charge in [-0.25, -0.2) is 4.98 Å². The molecule has 2 N–H and O–H groups in total. The molecule has 1 saturated heterocycles. The van der Waals surface area contributed by atoms with Gasteiger partial charge in [-0.05, 0) is 49.4 Å². The van der Waals surface area contributed by atoms with Crippen molar-refractivity contribution in [2.45, 2.75) is 45.2 Å². The van der Waals surface area contributed by atoms with Crippen molar-refractivity contribution < 1.29 is 4.79 Å². The number of carbonyl (C=O) groups excluding carboxylic acids is 1. The second-order valence-electron chi connectivity index (χ2n) is 6.39. The number of aromatic nitrogens is 2. The molecule has 1 aromatic carbocycles. The maximum Gasteiger partial charge on any atom is 0.251 e. The normalized spacial score (nSPS) is 17.6. The summed E-state index contributed by atoms with van der Waals surface area (Å²) in [5.74, 6) is 1.37. The van der Waals surface area contributed by atoms with Gasteiger partial charge in [0.25, 0.3) is 5.91 Å². The van der Waals surface area contributed by atoms with E-state index in [1.807, 2.05) is 24.4 Å². The maximum atomic E-state index is 12.5. The van der Waals surface area contributed by atoms with Crippen LogP contribution in [0.3, 0.4) is 0 Å². The third-order valence-corrected chi connectivity index (χ3v) is 4.59. The lowest BCUT2D eigenvalue weighted by molar-refractivity contribution is 0.0949. The lowest BCUT2D eigenvalue weighted by Crippen LogP contribution is -2.29. The first-order valence-electron chi connectivity index (χ1n) is 8.87. The van der Waals surface area contributed by atoms with Gasteiger partial charge in [0, 0.05) is 31.0 Å². The Morgan fingerprint density at radius 3 is 3.17 bits per heavy atom. The van der Waals surface area contributed by atoms with E-state index in [1.54, 1.807) is 6.20 Å². The van der Waals surface area contributed by atoms with Crippen LogP contribution in [-0.2, 0) is 13.1 Å². The third-order valence-electron chi connectivity index (χ3n) is 4.59. The van der Waals surface area contributed by atoms with Crippen LogP contribution in [0.5, 0.6) is 0 Å². The van der Waals surface area contributed by atoms with Gasteiger partial charge in [-0.3, -0.25) is 4.79 Å². The molecule has 0 radical (unpaired) electrons. The number of piperidine rings is 1. The standard InChI is InChI=1S/C19H26N4O/c1-2-10-23-11-9-21-18(23)14-22-19(24)16-6-3-5-15(12-16)17-7-4-8-20-13-17/h3,5-6,9,11-12,17,20H,2,4,7-8,10,13-14H2,1H3,(H,22,24)/t17-/m0/s1. The molecule has 128 valence electrons. The highest BCUT2D eigenvalue weighted by atomic mass is 16.1. The fraction of sp³-hybridized carbons (Fsp3) is 0.474. The van der Waals surface area contributed by atoms with Crippen molar-refractivity contribution in [2.24, 2.45) is 0 Å². The average molecular weight is 326 g/mol. The number of imidazole rings is 1. The van der Waals surface area contributed by atoms with E-state index in [0.29, 0.717) is 12.5 Å². The number of hydrogen-bond acceptors (Lipinski definition) is 3. The lowest BCUT2D eigenvalue weighted by Gasteiger charge is -2.23. The Balaban J connectivity index is 1.63. The van der Waals surface area contributed by atoms with Crippen molar-refractivity contribution in [3.63, 3.8) is 0 Å². The van der Waals surface area contributed by atoms with Gasteiger partial charge in [-0.15, -0.1) is 0 Å². The van der Waals surface area contributed by atoms with Crippen LogP contribution in [0.4, 0.5) is 0 Å². The summed E-state index contributed by atoms with van der Waals surface area (Å²) in [6.07, 6.45) is 7.18. The summed E-state index contributed by atoms with van der Waals surface area (Å²) in [5.41, 5.74) is 1.98. The number of nitrogens with one attached hydrogen (secondary N) is 2. The summed E-state index contributed by atoms with van der Waals surface area (Å²) in [7, 11) is 0. The zero-order valence-corrected chi connectivity index (χ0v) is 14.3. The van der Waals surface area contributed by atoms with Gasteiger partial charge < -0.3 is 15.2 Å². The van der Waals surface area contributed by atoms with Gasteiger partial charge in [0.15, 0.2) is 0 Å². The summed E-state index contributed by atoms with van der Waals surface area (Å²) in [5, 5.41) is 6.42. The Hall–Kier alpha value is -2.14. The van der Waals surface area contributed by atoms with E-state index in [2.05, 4.69) is 33.2 Å². The molecular weight excluding hydrogens is 300 g/mol. The smallest absolute Gasteiger partial charge is 0.251 e. The number of benzene rings is 1. The predicted molar refractivity (Wildman–Crippen MR) is 95.0 cm³/mol. The Bertz CT molecular complexity index is 674. The molecule has 2 aromatic rings. The number of amides is 1. The molecule has 0 spiro atoms. The Morgan fingerprint density at radius 1 is 1.46 bits per heavy atom. The van der Waals surface area contributed by atoms with Crippen LogP contribution in [0.25, 0.3) is 0 Å². The van der Waals surface area contributed by atoms with Gasteiger partial charge >= 0.3 is 0 Å². The van der Waals surface area contributed by atoms with Crippen molar-refractivity contribution in [1.29, 1.82) is 0 Å². The first kappa shape index (κ1) is 16.7. The molecule has 0 bridgehead atoms. The van der Waals surface area contributed by atoms with E-state index in [9.17, 15) is 4.79 Å². The Labute approximate surface area is 143 Å². The zero-order valence-electron chi connectivity index (χ0n) is 14.3. The van der Waals surface area contributed by atoms with Gasteiger partial charge in [0.2, 0.25) is 0 Å². The topological polar surface area (TPSA) is 59.0 Å². The van der Waals surface area contributed by atoms with Crippen LogP contribution in [-0.4, -0.2) is 28.5 Å².